The first-order valence-electron chi connectivity index (χ1n) is 5.19. The molecule has 0 heterocycles. The molecule has 1 nitrogen and oxygen atoms in total. The van der Waals surface area contributed by atoms with E-state index in [-0.39, 0.29) is 11.9 Å². The first-order chi connectivity index (χ1) is 6.75. The fourth-order valence-corrected chi connectivity index (χ4v) is 2.14. The van der Waals surface area contributed by atoms with Gasteiger partial charge in [0.1, 0.15) is 5.82 Å². The van der Waals surface area contributed by atoms with Crippen LogP contribution in [0, 0.1) is 5.82 Å². The van der Waals surface area contributed by atoms with Gasteiger partial charge in [-0.05, 0) is 49.3 Å². The minimum absolute atomic E-state index is 0.119. The van der Waals surface area contributed by atoms with Gasteiger partial charge < -0.3 is 0 Å². The van der Waals surface area contributed by atoms with Gasteiger partial charge in [-0.3, -0.25) is 0 Å². The van der Waals surface area contributed by atoms with Crippen molar-refractivity contribution in [2.24, 2.45) is 0 Å². The van der Waals surface area contributed by atoms with Crippen LogP contribution in [0.2, 0.25) is 0 Å². The Morgan fingerprint density at radius 3 is 2.14 bits per heavy atom. The van der Waals surface area contributed by atoms with E-state index >= 15 is 0 Å². The van der Waals surface area contributed by atoms with Crippen LogP contribution in [0.3, 0.4) is 0 Å². The Kier molecular flexibility index (Phi) is 2.82. The Labute approximate surface area is 84.1 Å². The van der Waals surface area contributed by atoms with Gasteiger partial charge >= 0.3 is 0 Å². The van der Waals surface area contributed by atoms with Crippen LogP contribution in [0.25, 0.3) is 0 Å². The second-order valence-electron chi connectivity index (χ2n) is 4.06. The van der Waals surface area contributed by atoms with Crippen LogP contribution in [-0.2, 0) is 0 Å². The molecule has 0 amide bonds. The molecule has 1 aliphatic carbocycles. The summed E-state index contributed by atoms with van der Waals surface area (Å²) in [6.07, 6.45) is 3.80. The van der Waals surface area contributed by atoms with E-state index in [4.69, 9.17) is 0 Å². The predicted octanol–water partition coefficient (Wildman–Crippen LogP) is 2.92. The third kappa shape index (κ3) is 2.13. The summed E-state index contributed by atoms with van der Waals surface area (Å²) in [5.74, 6) is 0.337. The standard InChI is InChI=1S/C12H14FN/c13-11-5-1-9(2-6-11)10-3-7-12(14)8-4-10/h1-2,5-6,10,12H,3-4,7-8H2. The van der Waals surface area contributed by atoms with E-state index in [0.29, 0.717) is 5.92 Å². The van der Waals surface area contributed by atoms with E-state index in [2.05, 4.69) is 0 Å². The van der Waals surface area contributed by atoms with Crippen LogP contribution in [-0.4, -0.2) is 6.04 Å². The van der Waals surface area contributed by atoms with Crippen molar-refractivity contribution in [2.75, 3.05) is 0 Å². The van der Waals surface area contributed by atoms with E-state index in [1.807, 2.05) is 12.1 Å². The van der Waals surface area contributed by atoms with E-state index in [0.717, 1.165) is 25.7 Å². The first-order valence-corrected chi connectivity index (χ1v) is 5.19. The van der Waals surface area contributed by atoms with Crippen molar-refractivity contribution in [1.82, 2.24) is 5.73 Å². The average Bonchev–Trinajstić information content (AvgIpc) is 2.21. The fourth-order valence-electron chi connectivity index (χ4n) is 2.14. The lowest BCUT2D eigenvalue weighted by Crippen LogP contribution is -2.18. The Morgan fingerprint density at radius 1 is 1.00 bits per heavy atom. The Morgan fingerprint density at radius 2 is 1.57 bits per heavy atom. The summed E-state index contributed by atoms with van der Waals surface area (Å²) in [5, 5.41) is 0. The SMILES string of the molecule is [N]C1CCC(c2ccc(F)cc2)CC1. The monoisotopic (exact) mass is 191 g/mol. The molecular weight excluding hydrogens is 177 g/mol. The van der Waals surface area contributed by atoms with Crippen molar-refractivity contribution in [3.63, 3.8) is 0 Å². The van der Waals surface area contributed by atoms with Gasteiger partial charge in [0.2, 0.25) is 0 Å². The van der Waals surface area contributed by atoms with Crippen LogP contribution in [0.4, 0.5) is 4.39 Å². The molecule has 2 heteroatoms. The number of hydrogen-bond donors (Lipinski definition) is 0. The van der Waals surface area contributed by atoms with Crippen LogP contribution in [0.15, 0.2) is 24.3 Å². The van der Waals surface area contributed by atoms with Crippen molar-refractivity contribution in [3.8, 4) is 0 Å². The highest BCUT2D eigenvalue weighted by Gasteiger charge is 2.20. The molecule has 1 aliphatic rings. The maximum atomic E-state index is 12.7. The molecule has 1 aromatic carbocycles. The van der Waals surface area contributed by atoms with Gasteiger partial charge in [0, 0.05) is 6.04 Å². The minimum Gasteiger partial charge on any atom is -0.207 e. The molecule has 1 fully saturated rings. The van der Waals surface area contributed by atoms with Crippen molar-refractivity contribution in [2.45, 2.75) is 37.6 Å². The summed E-state index contributed by atoms with van der Waals surface area (Å²) < 4.78 is 12.7. The Balaban J connectivity index is 2.05. The molecule has 0 N–H and O–H groups in total. The van der Waals surface area contributed by atoms with E-state index in [9.17, 15) is 10.1 Å². The first kappa shape index (κ1) is 9.66. The van der Waals surface area contributed by atoms with Gasteiger partial charge in [-0.15, -0.1) is 5.73 Å². The van der Waals surface area contributed by atoms with Gasteiger partial charge in [0.05, 0.1) is 0 Å². The number of benzene rings is 1. The van der Waals surface area contributed by atoms with Crippen LogP contribution in [0.5, 0.6) is 0 Å². The fraction of sp³-hybridized carbons (Fsp3) is 0.500. The Bertz CT molecular complexity index is 286. The largest absolute Gasteiger partial charge is 0.207 e. The highest BCUT2D eigenvalue weighted by atomic mass is 19.1. The zero-order valence-electron chi connectivity index (χ0n) is 8.12. The molecule has 0 atom stereocenters. The zero-order valence-corrected chi connectivity index (χ0v) is 8.12. The smallest absolute Gasteiger partial charge is 0.123 e. The van der Waals surface area contributed by atoms with Gasteiger partial charge in [-0.1, -0.05) is 12.1 Å². The topological polar surface area (TPSA) is 22.3 Å². The lowest BCUT2D eigenvalue weighted by Gasteiger charge is -2.25. The van der Waals surface area contributed by atoms with Gasteiger partial charge in [-0.2, -0.15) is 0 Å². The molecule has 0 bridgehead atoms. The summed E-state index contributed by atoms with van der Waals surface area (Å²) in [6, 6.07) is 6.63. The third-order valence-corrected chi connectivity index (χ3v) is 3.04. The molecule has 0 aliphatic heterocycles. The number of nitrogens with zero attached hydrogens (tertiary/aromatic N) is 1. The predicted molar refractivity (Wildman–Crippen MR) is 53.5 cm³/mol. The van der Waals surface area contributed by atoms with E-state index in [1.165, 1.54) is 17.7 Å². The molecule has 14 heavy (non-hydrogen) atoms. The maximum Gasteiger partial charge on any atom is 0.123 e. The highest BCUT2D eigenvalue weighted by Crippen LogP contribution is 2.32. The van der Waals surface area contributed by atoms with Gasteiger partial charge in [-0.25, -0.2) is 4.39 Å². The Hall–Kier alpha value is -0.890. The second-order valence-corrected chi connectivity index (χ2v) is 4.06. The minimum atomic E-state index is -0.176. The molecule has 0 saturated heterocycles. The van der Waals surface area contributed by atoms with E-state index < -0.39 is 0 Å². The summed E-state index contributed by atoms with van der Waals surface area (Å²) in [7, 11) is 0. The van der Waals surface area contributed by atoms with Crippen molar-refractivity contribution in [1.29, 1.82) is 0 Å². The summed E-state index contributed by atoms with van der Waals surface area (Å²) in [5.41, 5.74) is 10.6. The summed E-state index contributed by atoms with van der Waals surface area (Å²) in [4.78, 5) is 0. The number of hydrogen-bond acceptors (Lipinski definition) is 0. The molecule has 2 radical (unpaired) electrons. The van der Waals surface area contributed by atoms with Crippen LogP contribution < -0.4 is 5.73 Å². The molecule has 1 aromatic rings. The average molecular weight is 191 g/mol. The van der Waals surface area contributed by atoms with Crippen LogP contribution in [0.1, 0.15) is 37.2 Å². The highest BCUT2D eigenvalue weighted by molar-refractivity contribution is 5.20. The molecule has 1 saturated carbocycles. The van der Waals surface area contributed by atoms with Gasteiger partial charge in [0.25, 0.3) is 0 Å². The summed E-state index contributed by atoms with van der Waals surface area (Å²) in [6.45, 7) is 0. The zero-order chi connectivity index (χ0) is 9.97. The molecule has 0 aromatic heterocycles. The van der Waals surface area contributed by atoms with Crippen LogP contribution >= 0.6 is 0 Å². The molecular formula is C12H14FN. The molecule has 2 rings (SSSR count). The lowest BCUT2D eigenvalue weighted by atomic mass is 9.82. The third-order valence-electron chi connectivity index (χ3n) is 3.04. The maximum absolute atomic E-state index is 12.7. The van der Waals surface area contributed by atoms with Crippen molar-refractivity contribution < 1.29 is 4.39 Å². The lowest BCUT2D eigenvalue weighted by molar-refractivity contribution is 0.388. The molecule has 0 unspecified atom stereocenters. The second kappa shape index (κ2) is 4.09. The normalized spacial score (nSPS) is 27.6. The molecule has 0 spiro atoms. The van der Waals surface area contributed by atoms with Gasteiger partial charge in [0.15, 0.2) is 0 Å². The quantitative estimate of drug-likeness (QED) is 0.651. The van der Waals surface area contributed by atoms with Crippen molar-refractivity contribution >= 4 is 0 Å². The number of rotatable bonds is 1. The number of halogens is 1. The molecule has 74 valence electrons. The van der Waals surface area contributed by atoms with Crippen molar-refractivity contribution in [3.05, 3.63) is 35.6 Å². The summed E-state index contributed by atoms with van der Waals surface area (Å²) >= 11 is 0. The van der Waals surface area contributed by atoms with E-state index in [1.54, 1.807) is 0 Å².